The van der Waals surface area contributed by atoms with Gasteiger partial charge in [0, 0.05) is 0 Å². The Labute approximate surface area is 92.3 Å². The molecule has 0 heterocycles. The molecule has 0 aromatic heterocycles. The van der Waals surface area contributed by atoms with Gasteiger partial charge in [-0.1, -0.05) is 62.4 Å². The maximum Gasteiger partial charge on any atom is -0.00662 e. The minimum Gasteiger partial charge on any atom is -0.0837 e. The second-order valence-electron chi connectivity index (χ2n) is 4.81. The molecule has 2 rings (SSSR count). The van der Waals surface area contributed by atoms with Crippen LogP contribution in [0.1, 0.15) is 31.4 Å². The van der Waals surface area contributed by atoms with E-state index in [2.05, 4.69) is 62.4 Å². The first-order valence-corrected chi connectivity index (χ1v) is 5.60. The Morgan fingerprint density at radius 3 is 2.60 bits per heavy atom. The number of rotatable bonds is 0. The van der Waals surface area contributed by atoms with Gasteiger partial charge in [0.1, 0.15) is 0 Å². The first kappa shape index (κ1) is 10.2. The molecule has 1 aromatic carbocycles. The molecule has 78 valence electrons. The molecule has 1 aliphatic carbocycles. The summed E-state index contributed by atoms with van der Waals surface area (Å²) in [6, 6.07) is 8.79. The zero-order valence-corrected chi connectivity index (χ0v) is 9.53. The van der Waals surface area contributed by atoms with Crippen LogP contribution in [0.2, 0.25) is 0 Å². The van der Waals surface area contributed by atoms with Gasteiger partial charge in [0.15, 0.2) is 0 Å². The Hall–Kier alpha value is -1.30. The van der Waals surface area contributed by atoms with E-state index in [1.807, 2.05) is 0 Å². The van der Waals surface area contributed by atoms with Crippen molar-refractivity contribution in [1.29, 1.82) is 0 Å². The third kappa shape index (κ3) is 2.20. The second-order valence-corrected chi connectivity index (χ2v) is 4.81. The largest absolute Gasteiger partial charge is 0.0837 e. The van der Waals surface area contributed by atoms with Crippen LogP contribution in [-0.2, 0) is 11.8 Å². The summed E-state index contributed by atoms with van der Waals surface area (Å²) in [6.07, 6.45) is 11.0. The van der Waals surface area contributed by atoms with Crippen LogP contribution in [0.3, 0.4) is 0 Å². The standard InChI is InChI=1S/C15H18/c1-15(2)12-8-4-3-5-9-13-10-6-7-11-14(13)15/h3-8,10-11H,9,12H2,1-2H3/b5-3-,8-4-. The maximum atomic E-state index is 2.32. The Morgan fingerprint density at radius 2 is 1.73 bits per heavy atom. The molecular weight excluding hydrogens is 180 g/mol. The van der Waals surface area contributed by atoms with Crippen LogP contribution in [0, 0.1) is 0 Å². The van der Waals surface area contributed by atoms with E-state index in [0.717, 1.165) is 12.8 Å². The molecule has 0 saturated carbocycles. The smallest absolute Gasteiger partial charge is 0.00662 e. The van der Waals surface area contributed by atoms with Crippen molar-refractivity contribution in [2.45, 2.75) is 32.1 Å². The van der Waals surface area contributed by atoms with Crippen molar-refractivity contribution in [3.63, 3.8) is 0 Å². The van der Waals surface area contributed by atoms with Crippen LogP contribution in [0.5, 0.6) is 0 Å². The second kappa shape index (κ2) is 4.06. The van der Waals surface area contributed by atoms with Gasteiger partial charge in [-0.2, -0.15) is 0 Å². The van der Waals surface area contributed by atoms with E-state index < -0.39 is 0 Å². The Kier molecular flexibility index (Phi) is 2.77. The lowest BCUT2D eigenvalue weighted by atomic mass is 9.79. The Balaban J connectivity index is 2.49. The molecule has 0 fully saturated rings. The highest BCUT2D eigenvalue weighted by Crippen LogP contribution is 2.31. The highest BCUT2D eigenvalue weighted by Gasteiger charge is 2.21. The van der Waals surface area contributed by atoms with Crippen LogP contribution in [0.15, 0.2) is 48.6 Å². The topological polar surface area (TPSA) is 0 Å². The van der Waals surface area contributed by atoms with E-state index in [1.165, 1.54) is 11.1 Å². The third-order valence-electron chi connectivity index (χ3n) is 3.10. The molecule has 0 heteroatoms. The van der Waals surface area contributed by atoms with Crippen LogP contribution in [0.25, 0.3) is 0 Å². The van der Waals surface area contributed by atoms with Crippen molar-refractivity contribution in [2.24, 2.45) is 0 Å². The maximum absolute atomic E-state index is 2.32. The molecule has 1 aromatic rings. The third-order valence-corrected chi connectivity index (χ3v) is 3.10. The van der Waals surface area contributed by atoms with E-state index in [4.69, 9.17) is 0 Å². The highest BCUT2D eigenvalue weighted by molar-refractivity contribution is 5.36. The summed E-state index contributed by atoms with van der Waals surface area (Å²) in [4.78, 5) is 0. The van der Waals surface area contributed by atoms with Gasteiger partial charge in [-0.15, -0.1) is 0 Å². The Bertz CT molecular complexity index is 394. The van der Waals surface area contributed by atoms with Gasteiger partial charge >= 0.3 is 0 Å². The minimum atomic E-state index is 0.249. The summed E-state index contributed by atoms with van der Waals surface area (Å²) in [5.41, 5.74) is 3.20. The van der Waals surface area contributed by atoms with E-state index >= 15 is 0 Å². The average Bonchev–Trinajstić information content (AvgIpc) is 2.29. The number of hydrogen-bond acceptors (Lipinski definition) is 0. The van der Waals surface area contributed by atoms with Crippen molar-refractivity contribution in [3.8, 4) is 0 Å². The van der Waals surface area contributed by atoms with Crippen LogP contribution >= 0.6 is 0 Å². The van der Waals surface area contributed by atoms with Gasteiger partial charge in [0.25, 0.3) is 0 Å². The molecule has 0 spiro atoms. The van der Waals surface area contributed by atoms with E-state index in [0.29, 0.717) is 0 Å². The predicted molar refractivity (Wildman–Crippen MR) is 66.1 cm³/mol. The fourth-order valence-corrected chi connectivity index (χ4v) is 2.18. The van der Waals surface area contributed by atoms with Gasteiger partial charge in [0.2, 0.25) is 0 Å². The van der Waals surface area contributed by atoms with Crippen LogP contribution in [0.4, 0.5) is 0 Å². The van der Waals surface area contributed by atoms with Gasteiger partial charge in [-0.05, 0) is 29.4 Å². The summed E-state index contributed by atoms with van der Waals surface area (Å²) in [6.45, 7) is 4.64. The minimum absolute atomic E-state index is 0.249. The molecule has 0 saturated heterocycles. The predicted octanol–water partition coefficient (Wildman–Crippen LogP) is 4.02. The van der Waals surface area contributed by atoms with Crippen molar-refractivity contribution in [1.82, 2.24) is 0 Å². The molecule has 0 amide bonds. The molecule has 0 radical (unpaired) electrons. The van der Waals surface area contributed by atoms with E-state index in [-0.39, 0.29) is 5.41 Å². The van der Waals surface area contributed by atoms with Crippen LogP contribution in [-0.4, -0.2) is 0 Å². The average molecular weight is 198 g/mol. The molecule has 0 aliphatic heterocycles. The summed E-state index contributed by atoms with van der Waals surface area (Å²) < 4.78 is 0. The Morgan fingerprint density at radius 1 is 1.00 bits per heavy atom. The van der Waals surface area contributed by atoms with Gasteiger partial charge in [0.05, 0.1) is 0 Å². The SMILES string of the molecule is CC1(C)C/C=C\C=C/Cc2ccccc21. The van der Waals surface area contributed by atoms with Crippen LogP contribution < -0.4 is 0 Å². The molecule has 1 aliphatic rings. The monoisotopic (exact) mass is 198 g/mol. The summed E-state index contributed by atoms with van der Waals surface area (Å²) in [7, 11) is 0. The van der Waals surface area contributed by atoms with Crippen molar-refractivity contribution in [3.05, 3.63) is 59.7 Å². The van der Waals surface area contributed by atoms with E-state index in [9.17, 15) is 0 Å². The van der Waals surface area contributed by atoms with Gasteiger partial charge < -0.3 is 0 Å². The molecule has 0 bridgehead atoms. The van der Waals surface area contributed by atoms with Gasteiger partial charge in [-0.25, -0.2) is 0 Å². The zero-order valence-electron chi connectivity index (χ0n) is 9.53. The fraction of sp³-hybridized carbons (Fsp3) is 0.333. The molecule has 15 heavy (non-hydrogen) atoms. The molecule has 0 atom stereocenters. The summed E-state index contributed by atoms with van der Waals surface area (Å²) >= 11 is 0. The molecule has 0 nitrogen and oxygen atoms in total. The normalized spacial score (nSPS) is 23.1. The van der Waals surface area contributed by atoms with Crippen molar-refractivity contribution < 1.29 is 0 Å². The van der Waals surface area contributed by atoms with E-state index in [1.54, 1.807) is 0 Å². The molecule has 0 N–H and O–H groups in total. The highest BCUT2D eigenvalue weighted by atomic mass is 14.3. The number of fused-ring (bicyclic) bond motifs is 1. The zero-order chi connectivity index (χ0) is 10.7. The number of hydrogen-bond donors (Lipinski definition) is 0. The molecule has 0 unspecified atom stereocenters. The quantitative estimate of drug-likeness (QED) is 0.590. The summed E-state index contributed by atoms with van der Waals surface area (Å²) in [5.74, 6) is 0. The first-order chi connectivity index (χ1) is 7.20. The van der Waals surface area contributed by atoms with Gasteiger partial charge in [-0.3, -0.25) is 0 Å². The lowest BCUT2D eigenvalue weighted by Crippen LogP contribution is -2.18. The molecular formula is C15H18. The summed E-state index contributed by atoms with van der Waals surface area (Å²) in [5, 5.41) is 0. The lowest BCUT2D eigenvalue weighted by Gasteiger charge is -2.26. The fourth-order valence-electron chi connectivity index (χ4n) is 2.18. The van der Waals surface area contributed by atoms with Crippen molar-refractivity contribution in [2.75, 3.05) is 0 Å². The number of benzene rings is 1. The first-order valence-electron chi connectivity index (χ1n) is 5.60. The number of allylic oxidation sites excluding steroid dienone is 4. The lowest BCUT2D eigenvalue weighted by molar-refractivity contribution is 0.530. The van der Waals surface area contributed by atoms with Crippen molar-refractivity contribution >= 4 is 0 Å².